The van der Waals surface area contributed by atoms with E-state index >= 15 is 0 Å². The Labute approximate surface area is 137 Å². The number of aliphatic hydroxyl groups is 1. The second kappa shape index (κ2) is 8.24. The van der Waals surface area contributed by atoms with Gasteiger partial charge in [-0.2, -0.15) is 5.10 Å². The zero-order valence-corrected chi connectivity index (χ0v) is 13.4. The van der Waals surface area contributed by atoms with E-state index in [4.69, 9.17) is 4.74 Å². The van der Waals surface area contributed by atoms with Crippen LogP contribution >= 0.6 is 0 Å². The molecule has 1 aromatic carbocycles. The monoisotopic (exact) mass is 315 g/mol. The Morgan fingerprint density at radius 1 is 1.35 bits per heavy atom. The van der Waals surface area contributed by atoms with E-state index in [0.29, 0.717) is 13.2 Å². The minimum absolute atomic E-state index is 0.124. The molecule has 2 aromatic rings. The third-order valence-electron chi connectivity index (χ3n) is 4.26. The van der Waals surface area contributed by atoms with Gasteiger partial charge in [0.1, 0.15) is 0 Å². The molecule has 0 saturated carbocycles. The molecule has 1 aliphatic carbocycles. The lowest BCUT2D eigenvalue weighted by atomic mass is 9.89. The first kappa shape index (κ1) is 16.2. The van der Waals surface area contributed by atoms with Crippen molar-refractivity contribution in [3.05, 3.63) is 53.9 Å². The molecular weight excluding hydrogens is 290 g/mol. The van der Waals surface area contributed by atoms with Crippen LogP contribution in [0.3, 0.4) is 0 Å². The number of hydrogen-bond donors (Lipinski definition) is 2. The summed E-state index contributed by atoms with van der Waals surface area (Å²) in [5.74, 6) is 0. The van der Waals surface area contributed by atoms with Crippen molar-refractivity contribution in [3.63, 3.8) is 0 Å². The molecule has 1 heterocycles. The van der Waals surface area contributed by atoms with Crippen molar-refractivity contribution in [1.29, 1.82) is 0 Å². The maximum atomic E-state index is 10.1. The highest BCUT2D eigenvalue weighted by Crippen LogP contribution is 2.32. The van der Waals surface area contributed by atoms with Crippen LogP contribution in [0.1, 0.15) is 30.1 Å². The SMILES string of the molecule is O[C@H](CNCCn1cccn1)CO[C@H]1CCCc2ccccc21. The summed E-state index contributed by atoms with van der Waals surface area (Å²) >= 11 is 0. The molecule has 0 radical (unpaired) electrons. The van der Waals surface area contributed by atoms with Crippen LogP contribution in [-0.2, 0) is 17.7 Å². The van der Waals surface area contributed by atoms with Crippen molar-refractivity contribution >= 4 is 0 Å². The second-order valence-electron chi connectivity index (χ2n) is 6.04. The molecule has 1 aromatic heterocycles. The quantitative estimate of drug-likeness (QED) is 0.731. The largest absolute Gasteiger partial charge is 0.389 e. The average molecular weight is 315 g/mol. The molecule has 0 amide bonds. The Balaban J connectivity index is 1.37. The molecule has 1 aliphatic rings. The molecule has 0 bridgehead atoms. The van der Waals surface area contributed by atoms with Crippen LogP contribution in [0.4, 0.5) is 0 Å². The molecule has 2 N–H and O–H groups in total. The van der Waals surface area contributed by atoms with Crippen LogP contribution in [0, 0.1) is 0 Å². The summed E-state index contributed by atoms with van der Waals surface area (Å²) in [7, 11) is 0. The lowest BCUT2D eigenvalue weighted by Gasteiger charge is -2.26. The van der Waals surface area contributed by atoms with Crippen molar-refractivity contribution in [2.24, 2.45) is 0 Å². The first-order valence-electron chi connectivity index (χ1n) is 8.38. The first-order chi connectivity index (χ1) is 11.3. The van der Waals surface area contributed by atoms with Crippen LogP contribution in [0.2, 0.25) is 0 Å². The van der Waals surface area contributed by atoms with E-state index in [2.05, 4.69) is 34.7 Å². The fourth-order valence-electron chi connectivity index (χ4n) is 3.06. The van der Waals surface area contributed by atoms with Gasteiger partial charge in [0, 0.05) is 25.5 Å². The molecule has 23 heavy (non-hydrogen) atoms. The van der Waals surface area contributed by atoms with Crippen molar-refractivity contribution in [2.45, 2.75) is 38.0 Å². The number of rotatable bonds is 8. The van der Waals surface area contributed by atoms with Gasteiger partial charge in [0.05, 0.1) is 25.4 Å². The summed E-state index contributed by atoms with van der Waals surface area (Å²) in [5.41, 5.74) is 2.67. The molecule has 0 saturated heterocycles. The van der Waals surface area contributed by atoms with Crippen LogP contribution in [0.5, 0.6) is 0 Å². The van der Waals surface area contributed by atoms with E-state index in [1.165, 1.54) is 11.1 Å². The molecular formula is C18H25N3O2. The zero-order chi connectivity index (χ0) is 15.9. The third-order valence-corrected chi connectivity index (χ3v) is 4.26. The Morgan fingerprint density at radius 2 is 2.26 bits per heavy atom. The summed E-state index contributed by atoms with van der Waals surface area (Å²) < 4.78 is 7.84. The number of fused-ring (bicyclic) bond motifs is 1. The van der Waals surface area contributed by atoms with Gasteiger partial charge in [-0.1, -0.05) is 24.3 Å². The Kier molecular flexibility index (Phi) is 5.80. The van der Waals surface area contributed by atoms with Crippen LogP contribution < -0.4 is 5.32 Å². The number of nitrogens with one attached hydrogen (secondary N) is 1. The van der Waals surface area contributed by atoms with Gasteiger partial charge in [-0.15, -0.1) is 0 Å². The highest BCUT2D eigenvalue weighted by atomic mass is 16.5. The maximum Gasteiger partial charge on any atom is 0.0897 e. The van der Waals surface area contributed by atoms with Crippen LogP contribution in [-0.4, -0.2) is 40.7 Å². The summed E-state index contributed by atoms with van der Waals surface area (Å²) in [5, 5.41) is 17.5. The first-order valence-corrected chi connectivity index (χ1v) is 8.38. The summed E-state index contributed by atoms with van der Waals surface area (Å²) in [6.07, 6.45) is 6.66. The number of aromatic nitrogens is 2. The van der Waals surface area contributed by atoms with E-state index in [-0.39, 0.29) is 6.10 Å². The van der Waals surface area contributed by atoms with E-state index in [1.54, 1.807) is 6.20 Å². The molecule has 0 fully saturated rings. The fraction of sp³-hybridized carbons (Fsp3) is 0.500. The standard InChI is InChI=1S/C18H25N3O2/c22-16(13-19-10-12-21-11-4-9-20-21)14-23-18-8-3-6-15-5-1-2-7-17(15)18/h1-2,4-5,7,9,11,16,18-19,22H,3,6,8,10,12-14H2/t16-,18+/m1/s1. The van der Waals surface area contributed by atoms with Crippen LogP contribution in [0.25, 0.3) is 0 Å². The average Bonchev–Trinajstić information content (AvgIpc) is 3.10. The smallest absolute Gasteiger partial charge is 0.0897 e. The number of aliphatic hydroxyl groups excluding tert-OH is 1. The van der Waals surface area contributed by atoms with E-state index in [9.17, 15) is 5.11 Å². The predicted molar refractivity (Wildman–Crippen MR) is 89.2 cm³/mol. The topological polar surface area (TPSA) is 59.3 Å². The highest BCUT2D eigenvalue weighted by molar-refractivity contribution is 5.31. The van der Waals surface area contributed by atoms with Gasteiger partial charge >= 0.3 is 0 Å². The Hall–Kier alpha value is -1.69. The molecule has 3 rings (SSSR count). The number of nitrogens with zero attached hydrogens (tertiary/aromatic N) is 2. The normalized spacial score (nSPS) is 18.6. The highest BCUT2D eigenvalue weighted by Gasteiger charge is 2.21. The van der Waals surface area contributed by atoms with E-state index in [1.807, 2.05) is 16.9 Å². The van der Waals surface area contributed by atoms with Crippen LogP contribution in [0.15, 0.2) is 42.7 Å². The zero-order valence-electron chi connectivity index (χ0n) is 13.4. The minimum Gasteiger partial charge on any atom is -0.389 e. The summed E-state index contributed by atoms with van der Waals surface area (Å²) in [4.78, 5) is 0. The lowest BCUT2D eigenvalue weighted by molar-refractivity contribution is -0.0167. The fourth-order valence-corrected chi connectivity index (χ4v) is 3.06. The lowest BCUT2D eigenvalue weighted by Crippen LogP contribution is -2.33. The molecule has 5 heteroatoms. The third kappa shape index (κ3) is 4.64. The predicted octanol–water partition coefficient (Wildman–Crippen LogP) is 1.93. The Bertz CT molecular complexity index is 586. The van der Waals surface area contributed by atoms with Crippen molar-refractivity contribution in [1.82, 2.24) is 15.1 Å². The Morgan fingerprint density at radius 3 is 3.13 bits per heavy atom. The van der Waals surface area contributed by atoms with E-state index in [0.717, 1.165) is 32.4 Å². The number of aryl methyl sites for hydroxylation is 1. The number of benzene rings is 1. The van der Waals surface area contributed by atoms with Gasteiger partial charge in [0.15, 0.2) is 0 Å². The maximum absolute atomic E-state index is 10.1. The van der Waals surface area contributed by atoms with Crippen molar-refractivity contribution < 1.29 is 9.84 Å². The number of ether oxygens (including phenoxy) is 1. The second-order valence-corrected chi connectivity index (χ2v) is 6.04. The molecule has 0 spiro atoms. The van der Waals surface area contributed by atoms with Crippen molar-refractivity contribution in [3.8, 4) is 0 Å². The van der Waals surface area contributed by atoms with Gasteiger partial charge in [-0.25, -0.2) is 0 Å². The van der Waals surface area contributed by atoms with Gasteiger partial charge in [-0.05, 0) is 36.5 Å². The molecule has 0 unspecified atom stereocenters. The minimum atomic E-state index is -0.485. The van der Waals surface area contributed by atoms with Gasteiger partial charge in [0.25, 0.3) is 0 Å². The summed E-state index contributed by atoms with van der Waals surface area (Å²) in [6.45, 7) is 2.49. The van der Waals surface area contributed by atoms with E-state index < -0.39 is 6.10 Å². The molecule has 2 atom stereocenters. The number of hydrogen-bond acceptors (Lipinski definition) is 4. The molecule has 0 aliphatic heterocycles. The molecule has 5 nitrogen and oxygen atoms in total. The van der Waals surface area contributed by atoms with Crippen molar-refractivity contribution in [2.75, 3.05) is 19.7 Å². The summed E-state index contributed by atoms with van der Waals surface area (Å²) in [6, 6.07) is 10.4. The van der Waals surface area contributed by atoms with Gasteiger partial charge < -0.3 is 15.2 Å². The van der Waals surface area contributed by atoms with Gasteiger partial charge in [-0.3, -0.25) is 4.68 Å². The van der Waals surface area contributed by atoms with Gasteiger partial charge in [0.2, 0.25) is 0 Å². The molecule has 124 valence electrons.